The molecular formula is C21H28N4O4S2. The monoisotopic (exact) mass is 464 g/mol. The average Bonchev–Trinajstić information content (AvgIpc) is 3.19. The number of piperidine rings is 1. The maximum atomic E-state index is 13.2. The number of aromatic nitrogens is 1. The average molecular weight is 465 g/mol. The molecule has 1 aromatic heterocycles. The fraction of sp³-hybridized carbons (Fsp3) is 0.524. The molecule has 4 rings (SSSR count). The largest absolute Gasteiger partial charge is 0.378 e. The third-order valence-corrected chi connectivity index (χ3v) is 8.27. The molecule has 0 unspecified atom stereocenters. The number of hydrogen-bond donors (Lipinski definition) is 1. The second-order valence-corrected chi connectivity index (χ2v) is 10.8. The summed E-state index contributed by atoms with van der Waals surface area (Å²) in [6.07, 6.45) is 2.96. The Morgan fingerprint density at radius 2 is 1.90 bits per heavy atom. The first-order chi connectivity index (χ1) is 14.9. The smallest absolute Gasteiger partial charge is 0.243 e. The van der Waals surface area contributed by atoms with Crippen LogP contribution in [0.25, 0.3) is 0 Å². The first-order valence-electron chi connectivity index (χ1n) is 10.6. The van der Waals surface area contributed by atoms with Gasteiger partial charge in [0, 0.05) is 31.6 Å². The van der Waals surface area contributed by atoms with E-state index >= 15 is 0 Å². The van der Waals surface area contributed by atoms with Gasteiger partial charge in [-0.1, -0.05) is 6.42 Å². The molecular weight excluding hydrogens is 436 g/mol. The number of carbonyl (C=O) groups is 1. The SMILES string of the molecule is Cc1nc(CC(=O)Nc2cc(S(=O)(=O)N3CCCCC3)ccc2N2CCOCC2)cs1. The summed E-state index contributed by atoms with van der Waals surface area (Å²) in [5.41, 5.74) is 2.03. The van der Waals surface area contributed by atoms with Crippen molar-refractivity contribution in [1.29, 1.82) is 0 Å². The van der Waals surface area contributed by atoms with E-state index in [2.05, 4.69) is 15.2 Å². The number of thiazole rings is 1. The fourth-order valence-corrected chi connectivity index (χ4v) is 6.11. The minimum absolute atomic E-state index is 0.149. The van der Waals surface area contributed by atoms with Crippen LogP contribution in [0.2, 0.25) is 0 Å². The number of benzene rings is 1. The van der Waals surface area contributed by atoms with Crippen molar-refractivity contribution >= 4 is 38.6 Å². The molecule has 1 N–H and O–H groups in total. The van der Waals surface area contributed by atoms with Crippen molar-refractivity contribution in [1.82, 2.24) is 9.29 Å². The molecule has 1 amide bonds. The quantitative estimate of drug-likeness (QED) is 0.707. The highest BCUT2D eigenvalue weighted by Gasteiger charge is 2.27. The minimum Gasteiger partial charge on any atom is -0.378 e. The first-order valence-corrected chi connectivity index (χ1v) is 12.9. The van der Waals surface area contributed by atoms with Gasteiger partial charge in [0.25, 0.3) is 0 Å². The van der Waals surface area contributed by atoms with E-state index in [1.165, 1.54) is 11.3 Å². The maximum Gasteiger partial charge on any atom is 0.243 e. The van der Waals surface area contributed by atoms with Gasteiger partial charge in [0.05, 0.1) is 46.6 Å². The molecule has 0 spiro atoms. The summed E-state index contributed by atoms with van der Waals surface area (Å²) in [4.78, 5) is 19.4. The van der Waals surface area contributed by atoms with Crippen LogP contribution >= 0.6 is 11.3 Å². The van der Waals surface area contributed by atoms with Crippen molar-refractivity contribution in [3.8, 4) is 0 Å². The second-order valence-electron chi connectivity index (χ2n) is 7.83. The molecule has 0 aliphatic carbocycles. The zero-order valence-electron chi connectivity index (χ0n) is 17.7. The van der Waals surface area contributed by atoms with E-state index < -0.39 is 10.0 Å². The number of hydrogen-bond acceptors (Lipinski definition) is 7. The summed E-state index contributed by atoms with van der Waals surface area (Å²) in [6, 6.07) is 5.04. The molecule has 31 heavy (non-hydrogen) atoms. The van der Waals surface area contributed by atoms with Crippen LogP contribution < -0.4 is 10.2 Å². The number of amides is 1. The van der Waals surface area contributed by atoms with Gasteiger partial charge in [-0.05, 0) is 38.0 Å². The Hall–Kier alpha value is -2.01. The Balaban J connectivity index is 1.62. The molecule has 10 heteroatoms. The predicted molar refractivity (Wildman–Crippen MR) is 121 cm³/mol. The fourth-order valence-electron chi connectivity index (χ4n) is 3.96. The summed E-state index contributed by atoms with van der Waals surface area (Å²) in [6.45, 7) is 5.55. The minimum atomic E-state index is -3.60. The van der Waals surface area contributed by atoms with Crippen molar-refractivity contribution < 1.29 is 17.9 Å². The number of morpholine rings is 1. The number of ether oxygens (including phenoxy) is 1. The van der Waals surface area contributed by atoms with Crippen LogP contribution in [0.4, 0.5) is 11.4 Å². The summed E-state index contributed by atoms with van der Waals surface area (Å²) in [5.74, 6) is -0.215. The third kappa shape index (κ3) is 5.25. The Morgan fingerprint density at radius 1 is 1.16 bits per heavy atom. The van der Waals surface area contributed by atoms with E-state index in [4.69, 9.17) is 4.74 Å². The number of rotatable bonds is 6. The summed E-state index contributed by atoms with van der Waals surface area (Å²) < 4.78 is 33.3. The van der Waals surface area contributed by atoms with Crippen LogP contribution in [-0.4, -0.2) is 63.0 Å². The number of nitrogens with zero attached hydrogens (tertiary/aromatic N) is 3. The molecule has 1 aromatic carbocycles. The van der Waals surface area contributed by atoms with E-state index in [0.717, 1.165) is 30.0 Å². The van der Waals surface area contributed by atoms with Crippen molar-refractivity contribution in [2.24, 2.45) is 0 Å². The van der Waals surface area contributed by atoms with E-state index in [0.29, 0.717) is 50.8 Å². The van der Waals surface area contributed by atoms with E-state index in [1.807, 2.05) is 12.3 Å². The van der Waals surface area contributed by atoms with Crippen molar-refractivity contribution in [2.45, 2.75) is 37.5 Å². The molecule has 0 bridgehead atoms. The molecule has 0 radical (unpaired) electrons. The summed E-state index contributed by atoms with van der Waals surface area (Å²) in [7, 11) is -3.60. The lowest BCUT2D eigenvalue weighted by Crippen LogP contribution is -2.37. The van der Waals surface area contributed by atoms with Gasteiger partial charge in [-0.2, -0.15) is 4.31 Å². The highest BCUT2D eigenvalue weighted by molar-refractivity contribution is 7.89. The Labute approximate surface area is 187 Å². The molecule has 8 nitrogen and oxygen atoms in total. The highest BCUT2D eigenvalue weighted by atomic mass is 32.2. The lowest BCUT2D eigenvalue weighted by Gasteiger charge is -2.31. The lowest BCUT2D eigenvalue weighted by molar-refractivity contribution is -0.115. The van der Waals surface area contributed by atoms with Crippen LogP contribution in [-0.2, 0) is 26.0 Å². The van der Waals surface area contributed by atoms with Crippen molar-refractivity contribution in [2.75, 3.05) is 49.6 Å². The van der Waals surface area contributed by atoms with E-state index in [9.17, 15) is 13.2 Å². The molecule has 0 atom stereocenters. The standard InChI is InChI=1S/C21H28N4O4S2/c1-16-22-17(15-30-16)13-21(26)23-19-14-18(31(27,28)25-7-3-2-4-8-25)5-6-20(19)24-9-11-29-12-10-24/h5-6,14-15H,2-4,7-13H2,1H3,(H,23,26). The lowest BCUT2D eigenvalue weighted by atomic mass is 10.2. The van der Waals surface area contributed by atoms with E-state index in [-0.39, 0.29) is 17.2 Å². The highest BCUT2D eigenvalue weighted by Crippen LogP contribution is 2.32. The Morgan fingerprint density at radius 3 is 2.58 bits per heavy atom. The molecule has 0 saturated carbocycles. The molecule has 2 aliphatic rings. The van der Waals surface area contributed by atoms with Gasteiger partial charge in [-0.15, -0.1) is 11.3 Å². The number of anilines is 2. The number of aryl methyl sites for hydroxylation is 1. The van der Waals surface area contributed by atoms with Gasteiger partial charge in [-0.3, -0.25) is 4.79 Å². The normalized spacial score (nSPS) is 18.2. The van der Waals surface area contributed by atoms with E-state index in [1.54, 1.807) is 22.5 Å². The molecule has 2 saturated heterocycles. The summed E-state index contributed by atoms with van der Waals surface area (Å²) in [5, 5.41) is 5.72. The number of carbonyl (C=O) groups excluding carboxylic acids is 1. The first kappa shape index (κ1) is 22.2. The summed E-state index contributed by atoms with van der Waals surface area (Å²) >= 11 is 1.50. The van der Waals surface area contributed by atoms with Gasteiger partial charge in [-0.25, -0.2) is 13.4 Å². The van der Waals surface area contributed by atoms with Crippen molar-refractivity contribution in [3.05, 3.63) is 34.3 Å². The maximum absolute atomic E-state index is 13.2. The molecule has 168 valence electrons. The van der Waals surface area contributed by atoms with Crippen LogP contribution in [0.1, 0.15) is 30.0 Å². The molecule has 3 heterocycles. The Kier molecular flexibility index (Phi) is 6.90. The van der Waals surface area contributed by atoms with Gasteiger partial charge in [0.15, 0.2) is 0 Å². The third-order valence-electron chi connectivity index (χ3n) is 5.55. The van der Waals surface area contributed by atoms with Gasteiger partial charge in [0.2, 0.25) is 15.9 Å². The van der Waals surface area contributed by atoms with Gasteiger partial charge < -0.3 is 15.0 Å². The van der Waals surface area contributed by atoms with Crippen LogP contribution in [0.3, 0.4) is 0 Å². The van der Waals surface area contributed by atoms with Crippen molar-refractivity contribution in [3.63, 3.8) is 0 Å². The predicted octanol–water partition coefficient (Wildman–Crippen LogP) is 2.64. The van der Waals surface area contributed by atoms with Gasteiger partial charge >= 0.3 is 0 Å². The molecule has 2 aromatic rings. The van der Waals surface area contributed by atoms with Crippen LogP contribution in [0.15, 0.2) is 28.5 Å². The molecule has 2 fully saturated rings. The van der Waals surface area contributed by atoms with Crippen LogP contribution in [0, 0.1) is 6.92 Å². The Bertz CT molecular complexity index is 1030. The zero-order valence-corrected chi connectivity index (χ0v) is 19.3. The van der Waals surface area contributed by atoms with Gasteiger partial charge in [0.1, 0.15) is 0 Å². The topological polar surface area (TPSA) is 91.8 Å². The number of sulfonamides is 1. The second kappa shape index (κ2) is 9.64. The number of nitrogens with one attached hydrogen (secondary N) is 1. The van der Waals surface area contributed by atoms with Crippen LogP contribution in [0.5, 0.6) is 0 Å². The molecule has 2 aliphatic heterocycles. The zero-order chi connectivity index (χ0) is 21.8.